The van der Waals surface area contributed by atoms with Gasteiger partial charge in [0.25, 0.3) is 0 Å². The van der Waals surface area contributed by atoms with E-state index in [1.165, 1.54) is 12.8 Å². The average molecular weight is 249 g/mol. The third kappa shape index (κ3) is 2.33. The summed E-state index contributed by atoms with van der Waals surface area (Å²) in [6.07, 6.45) is 7.71. The molecule has 2 rings (SSSR count). The molecule has 1 aromatic heterocycles. The van der Waals surface area contributed by atoms with Gasteiger partial charge in [-0.25, -0.2) is 0 Å². The van der Waals surface area contributed by atoms with E-state index in [1.807, 2.05) is 0 Å². The van der Waals surface area contributed by atoms with Crippen molar-refractivity contribution in [3.05, 3.63) is 18.0 Å². The third-order valence-corrected chi connectivity index (χ3v) is 4.98. The van der Waals surface area contributed by atoms with Gasteiger partial charge in [-0.1, -0.05) is 27.2 Å². The highest BCUT2D eigenvalue weighted by atomic mass is 15.3. The molecular formula is C15H27N3. The molecule has 2 N–H and O–H groups in total. The zero-order valence-corrected chi connectivity index (χ0v) is 12.2. The van der Waals surface area contributed by atoms with Crippen molar-refractivity contribution in [2.75, 3.05) is 0 Å². The molecule has 18 heavy (non-hydrogen) atoms. The van der Waals surface area contributed by atoms with E-state index in [4.69, 9.17) is 10.8 Å². The second kappa shape index (κ2) is 4.69. The van der Waals surface area contributed by atoms with Crippen molar-refractivity contribution in [2.45, 2.75) is 71.4 Å². The van der Waals surface area contributed by atoms with Crippen molar-refractivity contribution in [1.29, 1.82) is 0 Å². The SMILES string of the molecule is CCC(C)n1ccc(CC2(N)CCCC2(C)C)n1. The van der Waals surface area contributed by atoms with E-state index in [9.17, 15) is 0 Å². The Hall–Kier alpha value is -0.830. The van der Waals surface area contributed by atoms with Crippen LogP contribution in [0.15, 0.2) is 12.3 Å². The summed E-state index contributed by atoms with van der Waals surface area (Å²) in [5, 5.41) is 4.69. The molecular weight excluding hydrogens is 222 g/mol. The summed E-state index contributed by atoms with van der Waals surface area (Å²) in [5.74, 6) is 0. The van der Waals surface area contributed by atoms with Gasteiger partial charge in [-0.3, -0.25) is 4.68 Å². The highest BCUT2D eigenvalue weighted by Crippen LogP contribution is 2.45. The molecule has 1 heterocycles. The Labute approximate surface area is 111 Å². The minimum atomic E-state index is -0.0817. The second-order valence-electron chi connectivity index (χ2n) is 6.61. The molecule has 0 saturated heterocycles. The molecule has 3 nitrogen and oxygen atoms in total. The van der Waals surface area contributed by atoms with E-state index >= 15 is 0 Å². The Morgan fingerprint density at radius 3 is 2.72 bits per heavy atom. The molecule has 1 aliphatic carbocycles. The fraction of sp³-hybridized carbons (Fsp3) is 0.800. The van der Waals surface area contributed by atoms with Crippen LogP contribution in [0.25, 0.3) is 0 Å². The average Bonchev–Trinajstić information content (AvgIpc) is 2.84. The summed E-state index contributed by atoms with van der Waals surface area (Å²) in [7, 11) is 0. The minimum Gasteiger partial charge on any atom is -0.324 e. The summed E-state index contributed by atoms with van der Waals surface area (Å²) < 4.78 is 2.07. The molecule has 1 saturated carbocycles. The van der Waals surface area contributed by atoms with Crippen molar-refractivity contribution < 1.29 is 0 Å². The van der Waals surface area contributed by atoms with Gasteiger partial charge in [0.1, 0.15) is 0 Å². The van der Waals surface area contributed by atoms with Gasteiger partial charge in [0, 0.05) is 24.2 Å². The van der Waals surface area contributed by atoms with Crippen LogP contribution in [0.5, 0.6) is 0 Å². The van der Waals surface area contributed by atoms with Gasteiger partial charge >= 0.3 is 0 Å². The van der Waals surface area contributed by atoms with Gasteiger partial charge in [0.2, 0.25) is 0 Å². The monoisotopic (exact) mass is 249 g/mol. The second-order valence-corrected chi connectivity index (χ2v) is 6.61. The minimum absolute atomic E-state index is 0.0817. The Bertz CT molecular complexity index is 408. The maximum atomic E-state index is 6.64. The number of hydrogen-bond acceptors (Lipinski definition) is 2. The van der Waals surface area contributed by atoms with E-state index in [2.05, 4.69) is 44.6 Å². The number of nitrogens with two attached hydrogens (primary N) is 1. The third-order valence-electron chi connectivity index (χ3n) is 4.98. The molecule has 102 valence electrons. The van der Waals surface area contributed by atoms with Crippen LogP contribution in [-0.4, -0.2) is 15.3 Å². The molecule has 3 heteroatoms. The lowest BCUT2D eigenvalue weighted by Crippen LogP contribution is -2.50. The molecule has 1 aliphatic rings. The van der Waals surface area contributed by atoms with Gasteiger partial charge in [-0.2, -0.15) is 5.10 Å². The van der Waals surface area contributed by atoms with Gasteiger partial charge in [-0.15, -0.1) is 0 Å². The normalized spacial score (nSPS) is 28.5. The van der Waals surface area contributed by atoms with E-state index in [0.717, 1.165) is 25.0 Å². The predicted molar refractivity (Wildman–Crippen MR) is 75.5 cm³/mol. The first kappa shape index (κ1) is 13.6. The van der Waals surface area contributed by atoms with Gasteiger partial charge in [0.05, 0.1) is 5.69 Å². The zero-order valence-electron chi connectivity index (χ0n) is 12.2. The first-order chi connectivity index (χ1) is 8.38. The van der Waals surface area contributed by atoms with Crippen molar-refractivity contribution in [2.24, 2.45) is 11.1 Å². The maximum Gasteiger partial charge on any atom is 0.0643 e. The number of hydrogen-bond donors (Lipinski definition) is 1. The van der Waals surface area contributed by atoms with Gasteiger partial charge < -0.3 is 5.73 Å². The molecule has 0 radical (unpaired) electrons. The topological polar surface area (TPSA) is 43.8 Å². The fourth-order valence-electron chi connectivity index (χ4n) is 2.99. The molecule has 0 amide bonds. The highest BCUT2D eigenvalue weighted by molar-refractivity contribution is 5.12. The Balaban J connectivity index is 2.12. The summed E-state index contributed by atoms with van der Waals surface area (Å²) in [5.41, 5.74) is 7.93. The molecule has 1 aromatic rings. The van der Waals surface area contributed by atoms with E-state index in [0.29, 0.717) is 6.04 Å². The summed E-state index contributed by atoms with van der Waals surface area (Å²) in [6, 6.07) is 2.61. The van der Waals surface area contributed by atoms with Crippen LogP contribution >= 0.6 is 0 Å². The molecule has 0 bridgehead atoms. The van der Waals surface area contributed by atoms with E-state index < -0.39 is 0 Å². The Kier molecular flexibility index (Phi) is 3.54. The molecule has 0 aliphatic heterocycles. The van der Waals surface area contributed by atoms with Crippen LogP contribution in [0, 0.1) is 5.41 Å². The van der Waals surface area contributed by atoms with Crippen molar-refractivity contribution in [3.8, 4) is 0 Å². The summed E-state index contributed by atoms with van der Waals surface area (Å²) in [6.45, 7) is 8.99. The van der Waals surface area contributed by atoms with Crippen molar-refractivity contribution in [3.63, 3.8) is 0 Å². The van der Waals surface area contributed by atoms with Crippen LogP contribution < -0.4 is 5.73 Å². The van der Waals surface area contributed by atoms with Crippen molar-refractivity contribution >= 4 is 0 Å². The number of aromatic nitrogens is 2. The zero-order chi connectivity index (χ0) is 13.4. The smallest absolute Gasteiger partial charge is 0.0643 e. The van der Waals surface area contributed by atoms with Gasteiger partial charge in [-0.05, 0) is 37.7 Å². The first-order valence-electron chi connectivity index (χ1n) is 7.21. The van der Waals surface area contributed by atoms with E-state index in [1.54, 1.807) is 0 Å². The standard InChI is InChI=1S/C15H27N3/c1-5-12(2)18-10-7-13(17-18)11-15(16)9-6-8-14(15,3)4/h7,10,12H,5-6,8-9,11,16H2,1-4H3. The van der Waals surface area contributed by atoms with E-state index in [-0.39, 0.29) is 11.0 Å². The summed E-state index contributed by atoms with van der Waals surface area (Å²) >= 11 is 0. The lowest BCUT2D eigenvalue weighted by atomic mass is 9.73. The Morgan fingerprint density at radius 2 is 2.17 bits per heavy atom. The molecule has 0 spiro atoms. The quantitative estimate of drug-likeness (QED) is 0.889. The fourth-order valence-corrected chi connectivity index (χ4v) is 2.99. The van der Waals surface area contributed by atoms with Crippen LogP contribution in [0.2, 0.25) is 0 Å². The van der Waals surface area contributed by atoms with Crippen LogP contribution in [-0.2, 0) is 6.42 Å². The lowest BCUT2D eigenvalue weighted by Gasteiger charge is -2.37. The molecule has 1 fully saturated rings. The lowest BCUT2D eigenvalue weighted by molar-refractivity contribution is 0.205. The molecule has 0 aromatic carbocycles. The maximum absolute atomic E-state index is 6.64. The molecule has 2 unspecified atom stereocenters. The number of nitrogens with zero attached hydrogens (tertiary/aromatic N) is 2. The van der Waals surface area contributed by atoms with Crippen LogP contribution in [0.1, 0.15) is 65.1 Å². The van der Waals surface area contributed by atoms with Crippen molar-refractivity contribution in [1.82, 2.24) is 9.78 Å². The number of rotatable bonds is 4. The Morgan fingerprint density at radius 1 is 1.44 bits per heavy atom. The first-order valence-corrected chi connectivity index (χ1v) is 7.21. The molecule has 2 atom stereocenters. The van der Waals surface area contributed by atoms with Gasteiger partial charge in [0.15, 0.2) is 0 Å². The summed E-state index contributed by atoms with van der Waals surface area (Å²) in [4.78, 5) is 0. The van der Waals surface area contributed by atoms with Crippen LogP contribution in [0.4, 0.5) is 0 Å². The largest absolute Gasteiger partial charge is 0.324 e. The highest BCUT2D eigenvalue weighted by Gasteiger charge is 2.45. The van der Waals surface area contributed by atoms with Crippen LogP contribution in [0.3, 0.4) is 0 Å². The predicted octanol–water partition coefficient (Wildman–Crippen LogP) is 3.30.